The molecule has 0 aliphatic carbocycles. The van der Waals surface area contributed by atoms with Crippen LogP contribution < -0.4 is 5.32 Å². The fraction of sp³-hybridized carbons (Fsp3) is 0.769. The molecule has 0 aliphatic heterocycles. The number of aliphatic hydroxyl groups excluding tert-OH is 1. The first kappa shape index (κ1) is 14.2. The quantitative estimate of drug-likeness (QED) is 0.825. The summed E-state index contributed by atoms with van der Waals surface area (Å²) in [5.41, 5.74) is 1.16. The van der Waals surface area contributed by atoms with Crippen molar-refractivity contribution < 1.29 is 5.11 Å². The van der Waals surface area contributed by atoms with Crippen molar-refractivity contribution in [3.63, 3.8) is 0 Å². The van der Waals surface area contributed by atoms with Gasteiger partial charge in [-0.25, -0.2) is 0 Å². The molecule has 0 saturated carbocycles. The maximum absolute atomic E-state index is 8.95. The van der Waals surface area contributed by atoms with Gasteiger partial charge in [0.15, 0.2) is 0 Å². The van der Waals surface area contributed by atoms with Gasteiger partial charge in [0.05, 0.1) is 11.7 Å². The second-order valence-electron chi connectivity index (χ2n) is 6.18. The first-order chi connectivity index (χ1) is 7.74. The number of nitrogens with one attached hydrogen (secondary N) is 1. The highest BCUT2D eigenvalue weighted by Crippen LogP contribution is 2.14. The highest BCUT2D eigenvalue weighted by Gasteiger charge is 2.17. The third kappa shape index (κ3) is 4.48. The van der Waals surface area contributed by atoms with Gasteiger partial charge < -0.3 is 10.4 Å². The summed E-state index contributed by atoms with van der Waals surface area (Å²) in [6.45, 7) is 11.6. The van der Waals surface area contributed by atoms with E-state index in [0.29, 0.717) is 0 Å². The SMILES string of the molecule is CC(C)(CCO)NCc1cnn(C(C)(C)C)c1. The molecule has 1 rings (SSSR count). The molecule has 17 heavy (non-hydrogen) atoms. The van der Waals surface area contributed by atoms with Crippen molar-refractivity contribution in [2.75, 3.05) is 6.61 Å². The first-order valence-electron chi connectivity index (χ1n) is 6.14. The summed E-state index contributed by atoms with van der Waals surface area (Å²) in [5.74, 6) is 0. The molecule has 4 heteroatoms. The van der Waals surface area contributed by atoms with Gasteiger partial charge in [-0.15, -0.1) is 0 Å². The normalized spacial score (nSPS) is 13.1. The number of aliphatic hydroxyl groups is 1. The molecule has 4 nitrogen and oxygen atoms in total. The number of hydrogen-bond acceptors (Lipinski definition) is 3. The average Bonchev–Trinajstić information content (AvgIpc) is 2.62. The van der Waals surface area contributed by atoms with Gasteiger partial charge in [0, 0.05) is 30.5 Å². The summed E-state index contributed by atoms with van der Waals surface area (Å²) in [6.07, 6.45) is 4.72. The van der Waals surface area contributed by atoms with E-state index < -0.39 is 0 Å². The lowest BCUT2D eigenvalue weighted by atomic mass is 10.0. The molecule has 1 aromatic heterocycles. The van der Waals surface area contributed by atoms with Crippen molar-refractivity contribution in [3.8, 4) is 0 Å². The number of aromatic nitrogens is 2. The van der Waals surface area contributed by atoms with Crippen LogP contribution in [0, 0.1) is 0 Å². The molecule has 0 spiro atoms. The monoisotopic (exact) mass is 239 g/mol. The standard InChI is InChI=1S/C13H25N3O/c1-12(2,3)16-10-11(9-15-16)8-14-13(4,5)6-7-17/h9-10,14,17H,6-8H2,1-5H3. The molecule has 0 saturated heterocycles. The summed E-state index contributed by atoms with van der Waals surface area (Å²) in [4.78, 5) is 0. The van der Waals surface area contributed by atoms with Crippen LogP contribution in [0.25, 0.3) is 0 Å². The van der Waals surface area contributed by atoms with E-state index in [-0.39, 0.29) is 17.7 Å². The fourth-order valence-electron chi connectivity index (χ4n) is 1.53. The van der Waals surface area contributed by atoms with Crippen LogP contribution in [0.2, 0.25) is 0 Å². The molecule has 1 heterocycles. The Morgan fingerprint density at radius 3 is 2.41 bits per heavy atom. The minimum atomic E-state index is -0.0431. The molecular weight excluding hydrogens is 214 g/mol. The zero-order valence-corrected chi connectivity index (χ0v) is 11.6. The molecule has 0 radical (unpaired) electrons. The van der Waals surface area contributed by atoms with Crippen LogP contribution >= 0.6 is 0 Å². The Labute approximate surface area is 104 Å². The van der Waals surface area contributed by atoms with Gasteiger partial charge >= 0.3 is 0 Å². The summed E-state index contributed by atoms with van der Waals surface area (Å²) in [6, 6.07) is 0. The van der Waals surface area contributed by atoms with Crippen molar-refractivity contribution in [3.05, 3.63) is 18.0 Å². The zero-order chi connectivity index (χ0) is 13.1. The number of hydrogen-bond donors (Lipinski definition) is 2. The van der Waals surface area contributed by atoms with Crippen molar-refractivity contribution in [2.24, 2.45) is 0 Å². The smallest absolute Gasteiger partial charge is 0.0543 e. The van der Waals surface area contributed by atoms with Crippen molar-refractivity contribution in [2.45, 2.75) is 58.7 Å². The highest BCUT2D eigenvalue weighted by molar-refractivity contribution is 5.05. The lowest BCUT2D eigenvalue weighted by molar-refractivity contribution is 0.230. The van der Waals surface area contributed by atoms with E-state index in [1.807, 2.05) is 10.9 Å². The predicted molar refractivity (Wildman–Crippen MR) is 69.8 cm³/mol. The molecule has 0 aliphatic rings. The van der Waals surface area contributed by atoms with Crippen LogP contribution in [-0.4, -0.2) is 27.0 Å². The van der Waals surface area contributed by atoms with Crippen LogP contribution in [-0.2, 0) is 12.1 Å². The molecule has 0 amide bonds. The van der Waals surface area contributed by atoms with Gasteiger partial charge in [0.2, 0.25) is 0 Å². The van der Waals surface area contributed by atoms with Gasteiger partial charge in [-0.05, 0) is 41.0 Å². The van der Waals surface area contributed by atoms with Crippen LogP contribution in [0.15, 0.2) is 12.4 Å². The van der Waals surface area contributed by atoms with E-state index in [1.165, 1.54) is 5.56 Å². The first-order valence-corrected chi connectivity index (χ1v) is 6.14. The summed E-state index contributed by atoms with van der Waals surface area (Å²) < 4.78 is 1.98. The van der Waals surface area contributed by atoms with E-state index >= 15 is 0 Å². The highest BCUT2D eigenvalue weighted by atomic mass is 16.3. The Kier molecular flexibility index (Phi) is 4.33. The number of nitrogens with zero attached hydrogens (tertiary/aromatic N) is 2. The molecule has 2 N–H and O–H groups in total. The fourth-order valence-corrected chi connectivity index (χ4v) is 1.53. The van der Waals surface area contributed by atoms with Gasteiger partial charge in [-0.3, -0.25) is 4.68 Å². The third-order valence-electron chi connectivity index (χ3n) is 2.83. The molecule has 98 valence electrons. The van der Waals surface area contributed by atoms with Crippen LogP contribution in [0.4, 0.5) is 0 Å². The Morgan fingerprint density at radius 1 is 1.29 bits per heavy atom. The maximum atomic E-state index is 8.95. The van der Waals surface area contributed by atoms with E-state index in [9.17, 15) is 0 Å². The minimum Gasteiger partial charge on any atom is -0.396 e. The van der Waals surface area contributed by atoms with Crippen LogP contribution in [0.3, 0.4) is 0 Å². The van der Waals surface area contributed by atoms with Gasteiger partial charge in [-0.2, -0.15) is 5.10 Å². The van der Waals surface area contributed by atoms with Crippen LogP contribution in [0.1, 0.15) is 46.6 Å². The van der Waals surface area contributed by atoms with Crippen molar-refractivity contribution >= 4 is 0 Å². The van der Waals surface area contributed by atoms with E-state index in [0.717, 1.165) is 13.0 Å². The Hall–Kier alpha value is -0.870. The summed E-state index contributed by atoms with van der Waals surface area (Å²) in [7, 11) is 0. The van der Waals surface area contributed by atoms with Gasteiger partial charge in [0.25, 0.3) is 0 Å². The average molecular weight is 239 g/mol. The molecular formula is C13H25N3O. The Balaban J connectivity index is 2.56. The zero-order valence-electron chi connectivity index (χ0n) is 11.6. The molecule has 0 bridgehead atoms. The predicted octanol–water partition coefficient (Wildman–Crippen LogP) is 1.89. The lowest BCUT2D eigenvalue weighted by Crippen LogP contribution is -2.39. The van der Waals surface area contributed by atoms with Gasteiger partial charge in [-0.1, -0.05) is 0 Å². The van der Waals surface area contributed by atoms with Gasteiger partial charge in [0.1, 0.15) is 0 Å². The number of rotatable bonds is 5. The Bertz CT molecular complexity index is 350. The maximum Gasteiger partial charge on any atom is 0.0543 e. The second kappa shape index (κ2) is 5.19. The van der Waals surface area contributed by atoms with Crippen molar-refractivity contribution in [1.82, 2.24) is 15.1 Å². The topological polar surface area (TPSA) is 50.1 Å². The minimum absolute atomic E-state index is 0.0267. The molecule has 0 unspecified atom stereocenters. The second-order valence-corrected chi connectivity index (χ2v) is 6.18. The summed E-state index contributed by atoms with van der Waals surface area (Å²) in [5, 5.41) is 16.7. The third-order valence-corrected chi connectivity index (χ3v) is 2.83. The van der Waals surface area contributed by atoms with E-state index in [2.05, 4.69) is 51.2 Å². The summed E-state index contributed by atoms with van der Waals surface area (Å²) >= 11 is 0. The largest absolute Gasteiger partial charge is 0.396 e. The van der Waals surface area contributed by atoms with Crippen molar-refractivity contribution in [1.29, 1.82) is 0 Å². The van der Waals surface area contributed by atoms with E-state index in [4.69, 9.17) is 5.11 Å². The molecule has 0 aromatic carbocycles. The Morgan fingerprint density at radius 2 is 1.94 bits per heavy atom. The molecule has 0 fully saturated rings. The lowest BCUT2D eigenvalue weighted by Gasteiger charge is -2.25. The van der Waals surface area contributed by atoms with Crippen LogP contribution in [0.5, 0.6) is 0 Å². The molecule has 1 aromatic rings. The molecule has 0 atom stereocenters. The van der Waals surface area contributed by atoms with E-state index in [1.54, 1.807) is 0 Å².